The Balaban J connectivity index is 1.77. The second-order valence-electron chi connectivity index (χ2n) is 4.94. The van der Waals surface area contributed by atoms with Crippen molar-refractivity contribution in [3.63, 3.8) is 0 Å². The Labute approximate surface area is 97.3 Å². The minimum absolute atomic E-state index is 0.163. The molecule has 0 aromatic carbocycles. The third kappa shape index (κ3) is 2.55. The van der Waals surface area contributed by atoms with Crippen molar-refractivity contribution in [2.24, 2.45) is 0 Å². The molecule has 2 fully saturated rings. The molecule has 0 radical (unpaired) electrons. The number of hydrogen-bond donors (Lipinski definition) is 1. The molecule has 1 aliphatic heterocycles. The molecular weight excluding hydrogens is 204 g/mol. The van der Waals surface area contributed by atoms with E-state index in [2.05, 4.69) is 5.32 Å². The second kappa shape index (κ2) is 5.15. The van der Waals surface area contributed by atoms with Crippen LogP contribution in [0.25, 0.3) is 0 Å². The molecule has 1 saturated heterocycles. The van der Waals surface area contributed by atoms with Crippen molar-refractivity contribution in [3.8, 4) is 0 Å². The fourth-order valence-electron chi connectivity index (χ4n) is 2.64. The van der Waals surface area contributed by atoms with Crippen molar-refractivity contribution in [1.82, 2.24) is 10.2 Å². The first-order chi connectivity index (χ1) is 7.70. The Kier molecular flexibility index (Phi) is 3.82. The summed E-state index contributed by atoms with van der Waals surface area (Å²) in [5.74, 6) is 0.163. The van der Waals surface area contributed by atoms with Crippen LogP contribution in [0, 0.1) is 0 Å². The molecule has 2 rings (SSSR count). The van der Waals surface area contributed by atoms with Gasteiger partial charge >= 0.3 is 0 Å². The molecule has 4 nitrogen and oxygen atoms in total. The highest BCUT2D eigenvalue weighted by Gasteiger charge is 2.33. The summed E-state index contributed by atoms with van der Waals surface area (Å²) < 4.78 is 5.91. The number of likely N-dealkylation sites (N-methyl/N-ethyl adjacent to an activating group) is 1. The van der Waals surface area contributed by atoms with Gasteiger partial charge in [0.15, 0.2) is 0 Å². The maximum absolute atomic E-state index is 11.7. The molecule has 1 saturated carbocycles. The minimum Gasteiger partial charge on any atom is -0.365 e. The molecule has 1 aliphatic carbocycles. The van der Waals surface area contributed by atoms with Crippen molar-refractivity contribution in [1.29, 1.82) is 0 Å². The van der Waals surface area contributed by atoms with Gasteiger partial charge in [0.05, 0.1) is 6.10 Å². The summed E-state index contributed by atoms with van der Waals surface area (Å²) in [5, 5.41) is 3.30. The molecule has 2 aliphatic rings. The van der Waals surface area contributed by atoms with Gasteiger partial charge in [-0.05, 0) is 32.7 Å². The first-order valence-corrected chi connectivity index (χ1v) is 6.28. The Morgan fingerprint density at radius 2 is 1.94 bits per heavy atom. The molecule has 1 amide bonds. The van der Waals surface area contributed by atoms with Crippen molar-refractivity contribution in [3.05, 3.63) is 0 Å². The molecule has 0 bridgehead atoms. The van der Waals surface area contributed by atoms with E-state index >= 15 is 0 Å². The van der Waals surface area contributed by atoms with Crippen LogP contribution in [-0.2, 0) is 9.53 Å². The highest BCUT2D eigenvalue weighted by Crippen LogP contribution is 2.24. The monoisotopic (exact) mass is 226 g/mol. The second-order valence-corrected chi connectivity index (χ2v) is 4.94. The third-order valence-corrected chi connectivity index (χ3v) is 3.82. The number of ether oxygens (including phenoxy) is 1. The van der Waals surface area contributed by atoms with Crippen LogP contribution in [0.2, 0.25) is 0 Å². The quantitative estimate of drug-likeness (QED) is 0.772. The third-order valence-electron chi connectivity index (χ3n) is 3.82. The summed E-state index contributed by atoms with van der Waals surface area (Å²) >= 11 is 0. The molecule has 16 heavy (non-hydrogen) atoms. The van der Waals surface area contributed by atoms with E-state index in [0.717, 1.165) is 38.6 Å². The lowest BCUT2D eigenvalue weighted by Gasteiger charge is -2.29. The van der Waals surface area contributed by atoms with Crippen LogP contribution in [0.1, 0.15) is 32.1 Å². The van der Waals surface area contributed by atoms with Crippen LogP contribution >= 0.6 is 0 Å². The zero-order valence-electron chi connectivity index (χ0n) is 10.2. The maximum Gasteiger partial charge on any atom is 0.251 e. The van der Waals surface area contributed by atoms with Crippen molar-refractivity contribution >= 4 is 5.91 Å². The number of amides is 1. The van der Waals surface area contributed by atoms with Crippen molar-refractivity contribution in [2.45, 2.75) is 50.4 Å². The maximum atomic E-state index is 11.7. The normalized spacial score (nSPS) is 35.8. The fraction of sp³-hybridized carbons (Fsp3) is 0.917. The molecule has 1 N–H and O–H groups in total. The van der Waals surface area contributed by atoms with Gasteiger partial charge in [-0.15, -0.1) is 0 Å². The number of likely N-dealkylation sites (tertiary alicyclic amines) is 1. The van der Waals surface area contributed by atoms with E-state index in [9.17, 15) is 4.79 Å². The molecule has 92 valence electrons. The first-order valence-electron chi connectivity index (χ1n) is 6.28. The van der Waals surface area contributed by atoms with E-state index < -0.39 is 0 Å². The van der Waals surface area contributed by atoms with E-state index in [1.807, 2.05) is 14.1 Å². The average molecular weight is 226 g/mol. The minimum atomic E-state index is -0.166. The van der Waals surface area contributed by atoms with Crippen LogP contribution < -0.4 is 5.32 Å². The number of nitrogens with one attached hydrogen (secondary N) is 1. The Bertz CT molecular complexity index is 249. The molecule has 1 atom stereocenters. The van der Waals surface area contributed by atoms with Gasteiger partial charge in [-0.2, -0.15) is 0 Å². The molecule has 0 aromatic heterocycles. The molecule has 1 heterocycles. The smallest absolute Gasteiger partial charge is 0.251 e. The number of rotatable bonds is 3. The summed E-state index contributed by atoms with van der Waals surface area (Å²) in [6.07, 6.45) is 5.49. The predicted molar refractivity (Wildman–Crippen MR) is 62.2 cm³/mol. The standard InChI is InChI=1S/C12H22N2O2/c1-13-9-3-5-10(6-4-9)16-11-7-8-14(2)12(11)15/h9-11,13H,3-8H2,1-2H3. The van der Waals surface area contributed by atoms with Gasteiger partial charge in [-0.25, -0.2) is 0 Å². The predicted octanol–water partition coefficient (Wildman–Crippen LogP) is 0.764. The lowest BCUT2D eigenvalue weighted by atomic mass is 9.93. The molecule has 0 aromatic rings. The fourth-order valence-corrected chi connectivity index (χ4v) is 2.64. The van der Waals surface area contributed by atoms with E-state index in [0.29, 0.717) is 12.1 Å². The SMILES string of the molecule is CNC1CCC(OC2CCN(C)C2=O)CC1. The number of nitrogens with zero attached hydrogens (tertiary/aromatic N) is 1. The van der Waals surface area contributed by atoms with Gasteiger partial charge < -0.3 is 15.0 Å². The molecule has 1 unspecified atom stereocenters. The summed E-state index contributed by atoms with van der Waals surface area (Å²) in [5.41, 5.74) is 0. The van der Waals surface area contributed by atoms with Gasteiger partial charge in [-0.3, -0.25) is 4.79 Å². The van der Waals surface area contributed by atoms with E-state index in [-0.39, 0.29) is 12.0 Å². The lowest BCUT2D eigenvalue weighted by molar-refractivity contribution is -0.140. The van der Waals surface area contributed by atoms with E-state index in [4.69, 9.17) is 4.74 Å². The van der Waals surface area contributed by atoms with E-state index in [1.54, 1.807) is 4.90 Å². The van der Waals surface area contributed by atoms with Crippen LogP contribution in [0.5, 0.6) is 0 Å². The summed E-state index contributed by atoms with van der Waals surface area (Å²) in [4.78, 5) is 13.5. The average Bonchev–Trinajstić information content (AvgIpc) is 2.62. The molecule has 0 spiro atoms. The van der Waals surface area contributed by atoms with Gasteiger partial charge in [-0.1, -0.05) is 0 Å². The Morgan fingerprint density at radius 1 is 1.25 bits per heavy atom. The van der Waals surface area contributed by atoms with Gasteiger partial charge in [0, 0.05) is 26.1 Å². The van der Waals surface area contributed by atoms with E-state index in [1.165, 1.54) is 0 Å². The lowest BCUT2D eigenvalue weighted by Crippen LogP contribution is -2.36. The highest BCUT2D eigenvalue weighted by atomic mass is 16.5. The first kappa shape index (κ1) is 11.9. The van der Waals surface area contributed by atoms with Gasteiger partial charge in [0.25, 0.3) is 5.91 Å². The van der Waals surface area contributed by atoms with Crippen LogP contribution in [-0.4, -0.2) is 49.7 Å². The summed E-state index contributed by atoms with van der Waals surface area (Å²) in [7, 11) is 3.87. The van der Waals surface area contributed by atoms with Gasteiger partial charge in [0.1, 0.15) is 6.10 Å². The number of carbonyl (C=O) groups excluding carboxylic acids is 1. The van der Waals surface area contributed by atoms with Crippen molar-refractivity contribution in [2.75, 3.05) is 20.6 Å². The largest absolute Gasteiger partial charge is 0.365 e. The number of hydrogen-bond acceptors (Lipinski definition) is 3. The van der Waals surface area contributed by atoms with Gasteiger partial charge in [0.2, 0.25) is 0 Å². The zero-order chi connectivity index (χ0) is 11.5. The Hall–Kier alpha value is -0.610. The van der Waals surface area contributed by atoms with Crippen LogP contribution in [0.4, 0.5) is 0 Å². The summed E-state index contributed by atoms with van der Waals surface area (Å²) in [6.45, 7) is 0.843. The summed E-state index contributed by atoms with van der Waals surface area (Å²) in [6, 6.07) is 0.641. The number of carbonyl (C=O) groups is 1. The highest BCUT2D eigenvalue weighted by molar-refractivity contribution is 5.82. The van der Waals surface area contributed by atoms with Crippen LogP contribution in [0.3, 0.4) is 0 Å². The topological polar surface area (TPSA) is 41.6 Å². The molecular formula is C12H22N2O2. The zero-order valence-corrected chi connectivity index (χ0v) is 10.2. The Morgan fingerprint density at radius 3 is 2.44 bits per heavy atom. The van der Waals surface area contributed by atoms with Crippen molar-refractivity contribution < 1.29 is 9.53 Å². The van der Waals surface area contributed by atoms with Crippen LogP contribution in [0.15, 0.2) is 0 Å². The molecule has 4 heteroatoms.